The quantitative estimate of drug-likeness (QED) is 0.835. The van der Waals surface area contributed by atoms with Crippen LogP contribution in [0.4, 0.5) is 5.69 Å². The second-order valence-corrected chi connectivity index (χ2v) is 4.59. The molecular weight excluding hydrogens is 216 g/mol. The minimum atomic E-state index is 0.581. The van der Waals surface area contributed by atoms with E-state index in [1.54, 1.807) is 0 Å². The maximum absolute atomic E-state index is 5.61. The molecule has 0 saturated carbocycles. The highest BCUT2D eigenvalue weighted by molar-refractivity contribution is 5.57. The number of hydrogen-bond donors (Lipinski definition) is 1. The summed E-state index contributed by atoms with van der Waals surface area (Å²) in [6.07, 6.45) is 1.20. The van der Waals surface area contributed by atoms with Gasteiger partial charge >= 0.3 is 0 Å². The maximum Gasteiger partial charge on any atom is 0.163 e. The second-order valence-electron chi connectivity index (χ2n) is 4.59. The number of nitrogens with zero attached hydrogens (tertiary/aromatic N) is 1. The summed E-state index contributed by atoms with van der Waals surface area (Å²) in [5.74, 6) is 1.73. The highest BCUT2D eigenvalue weighted by Crippen LogP contribution is 2.34. The minimum absolute atomic E-state index is 0.581. The Morgan fingerprint density at radius 1 is 1.24 bits per heavy atom. The molecule has 2 aliphatic heterocycles. The van der Waals surface area contributed by atoms with Gasteiger partial charge in [0.1, 0.15) is 13.2 Å². The van der Waals surface area contributed by atoms with E-state index in [-0.39, 0.29) is 0 Å². The highest BCUT2D eigenvalue weighted by atomic mass is 16.6. The predicted octanol–water partition coefficient (Wildman–Crippen LogP) is 1.26. The van der Waals surface area contributed by atoms with Crippen molar-refractivity contribution < 1.29 is 9.47 Å². The SMILES string of the molecule is CN(c1ccc2c(c1)OCCO2)C1CCNC1. The summed E-state index contributed by atoms with van der Waals surface area (Å²) in [6.45, 7) is 3.46. The molecule has 1 N–H and O–H groups in total. The van der Waals surface area contributed by atoms with E-state index >= 15 is 0 Å². The van der Waals surface area contributed by atoms with E-state index in [1.807, 2.05) is 6.07 Å². The molecule has 3 rings (SSSR count). The van der Waals surface area contributed by atoms with Crippen molar-refractivity contribution in [2.75, 3.05) is 38.3 Å². The molecule has 92 valence electrons. The Hall–Kier alpha value is -1.42. The van der Waals surface area contributed by atoms with E-state index in [1.165, 1.54) is 12.1 Å². The van der Waals surface area contributed by atoms with Gasteiger partial charge < -0.3 is 19.7 Å². The fraction of sp³-hybridized carbons (Fsp3) is 0.538. The third-order valence-electron chi connectivity index (χ3n) is 3.52. The number of nitrogens with one attached hydrogen (secondary N) is 1. The summed E-state index contributed by atoms with van der Waals surface area (Å²) in [4.78, 5) is 2.32. The summed E-state index contributed by atoms with van der Waals surface area (Å²) in [5.41, 5.74) is 1.20. The van der Waals surface area contributed by atoms with Crippen LogP contribution in [0.25, 0.3) is 0 Å². The topological polar surface area (TPSA) is 33.7 Å². The number of likely N-dealkylation sites (N-methyl/N-ethyl adjacent to an activating group) is 1. The van der Waals surface area contributed by atoms with E-state index in [0.717, 1.165) is 24.6 Å². The first-order chi connectivity index (χ1) is 8.34. The van der Waals surface area contributed by atoms with Crippen molar-refractivity contribution >= 4 is 5.69 Å². The molecule has 1 aromatic rings. The first-order valence-electron chi connectivity index (χ1n) is 6.18. The van der Waals surface area contributed by atoms with Crippen molar-refractivity contribution in [2.24, 2.45) is 0 Å². The zero-order valence-corrected chi connectivity index (χ0v) is 10.1. The van der Waals surface area contributed by atoms with Crippen LogP contribution in [0.15, 0.2) is 18.2 Å². The van der Waals surface area contributed by atoms with Gasteiger partial charge in [-0.3, -0.25) is 0 Å². The molecule has 1 unspecified atom stereocenters. The van der Waals surface area contributed by atoms with Gasteiger partial charge in [-0.15, -0.1) is 0 Å². The van der Waals surface area contributed by atoms with Gasteiger partial charge in [0, 0.05) is 31.4 Å². The zero-order valence-electron chi connectivity index (χ0n) is 10.1. The van der Waals surface area contributed by atoms with Crippen LogP contribution >= 0.6 is 0 Å². The van der Waals surface area contributed by atoms with Crippen LogP contribution in [0.1, 0.15) is 6.42 Å². The molecule has 4 heteroatoms. The third kappa shape index (κ3) is 2.05. The molecule has 0 spiro atoms. The number of rotatable bonds is 2. The Labute approximate surface area is 102 Å². The van der Waals surface area contributed by atoms with Crippen molar-refractivity contribution in [3.8, 4) is 11.5 Å². The lowest BCUT2D eigenvalue weighted by Crippen LogP contribution is -2.33. The van der Waals surface area contributed by atoms with Gasteiger partial charge in [-0.05, 0) is 25.1 Å². The molecule has 1 saturated heterocycles. The molecule has 2 heterocycles. The van der Waals surface area contributed by atoms with Gasteiger partial charge in [0.15, 0.2) is 11.5 Å². The first-order valence-corrected chi connectivity index (χ1v) is 6.18. The lowest BCUT2D eigenvalue weighted by molar-refractivity contribution is 0.171. The largest absolute Gasteiger partial charge is 0.486 e. The van der Waals surface area contributed by atoms with Crippen molar-refractivity contribution in [3.05, 3.63) is 18.2 Å². The van der Waals surface area contributed by atoms with Gasteiger partial charge in [-0.1, -0.05) is 0 Å². The smallest absolute Gasteiger partial charge is 0.163 e. The number of hydrogen-bond acceptors (Lipinski definition) is 4. The van der Waals surface area contributed by atoms with Crippen LogP contribution in [-0.4, -0.2) is 39.4 Å². The van der Waals surface area contributed by atoms with Crippen molar-refractivity contribution in [1.29, 1.82) is 0 Å². The first kappa shape index (κ1) is 10.7. The molecule has 0 amide bonds. The van der Waals surface area contributed by atoms with Crippen LogP contribution in [0.3, 0.4) is 0 Å². The van der Waals surface area contributed by atoms with Crippen LogP contribution < -0.4 is 19.7 Å². The Balaban J connectivity index is 1.82. The maximum atomic E-state index is 5.61. The van der Waals surface area contributed by atoms with E-state index in [2.05, 4.69) is 29.4 Å². The summed E-state index contributed by atoms with van der Waals surface area (Å²) in [7, 11) is 2.14. The van der Waals surface area contributed by atoms with E-state index in [9.17, 15) is 0 Å². The molecule has 0 aliphatic carbocycles. The fourth-order valence-electron chi connectivity index (χ4n) is 2.43. The number of fused-ring (bicyclic) bond motifs is 1. The third-order valence-corrected chi connectivity index (χ3v) is 3.52. The van der Waals surface area contributed by atoms with Gasteiger partial charge in [-0.25, -0.2) is 0 Å². The Bertz CT molecular complexity index is 402. The van der Waals surface area contributed by atoms with Crippen LogP contribution in [-0.2, 0) is 0 Å². The molecule has 4 nitrogen and oxygen atoms in total. The monoisotopic (exact) mass is 234 g/mol. The summed E-state index contributed by atoms with van der Waals surface area (Å²) in [5, 5.41) is 3.39. The van der Waals surface area contributed by atoms with E-state index < -0.39 is 0 Å². The minimum Gasteiger partial charge on any atom is -0.486 e. The van der Waals surface area contributed by atoms with E-state index in [4.69, 9.17) is 9.47 Å². The van der Waals surface area contributed by atoms with Crippen molar-refractivity contribution in [2.45, 2.75) is 12.5 Å². The summed E-state index contributed by atoms with van der Waals surface area (Å²) >= 11 is 0. The summed E-state index contributed by atoms with van der Waals surface area (Å²) in [6, 6.07) is 6.76. The molecular formula is C13H18N2O2. The van der Waals surface area contributed by atoms with Crippen molar-refractivity contribution in [1.82, 2.24) is 5.32 Å². The fourth-order valence-corrected chi connectivity index (χ4v) is 2.43. The number of anilines is 1. The Kier molecular flexibility index (Phi) is 2.81. The van der Waals surface area contributed by atoms with Crippen LogP contribution in [0, 0.1) is 0 Å². The Morgan fingerprint density at radius 2 is 2.06 bits per heavy atom. The predicted molar refractivity (Wildman–Crippen MR) is 67.1 cm³/mol. The van der Waals surface area contributed by atoms with Crippen LogP contribution in [0.2, 0.25) is 0 Å². The lowest BCUT2D eigenvalue weighted by atomic mass is 10.2. The molecule has 1 aromatic carbocycles. The standard InChI is InChI=1S/C13H18N2O2/c1-15(11-4-5-14-9-11)10-2-3-12-13(8-10)17-7-6-16-12/h2-3,8,11,14H,4-7,9H2,1H3. The summed E-state index contributed by atoms with van der Waals surface area (Å²) < 4.78 is 11.1. The zero-order chi connectivity index (χ0) is 11.7. The van der Waals surface area contributed by atoms with Crippen molar-refractivity contribution in [3.63, 3.8) is 0 Å². The Morgan fingerprint density at radius 3 is 2.82 bits per heavy atom. The molecule has 0 radical (unpaired) electrons. The molecule has 1 atom stereocenters. The van der Waals surface area contributed by atoms with Gasteiger partial charge in [0.05, 0.1) is 0 Å². The average Bonchev–Trinajstić information content (AvgIpc) is 2.91. The van der Waals surface area contributed by atoms with Gasteiger partial charge in [-0.2, -0.15) is 0 Å². The van der Waals surface area contributed by atoms with E-state index in [0.29, 0.717) is 19.3 Å². The highest BCUT2D eigenvalue weighted by Gasteiger charge is 2.21. The number of ether oxygens (including phenoxy) is 2. The molecule has 0 bridgehead atoms. The molecule has 2 aliphatic rings. The lowest BCUT2D eigenvalue weighted by Gasteiger charge is -2.27. The number of benzene rings is 1. The molecule has 1 fully saturated rings. The normalized spacial score (nSPS) is 22.5. The average molecular weight is 234 g/mol. The van der Waals surface area contributed by atoms with Gasteiger partial charge in [0.25, 0.3) is 0 Å². The van der Waals surface area contributed by atoms with Crippen LogP contribution in [0.5, 0.6) is 11.5 Å². The molecule has 17 heavy (non-hydrogen) atoms. The molecule has 0 aromatic heterocycles. The van der Waals surface area contributed by atoms with Gasteiger partial charge in [0.2, 0.25) is 0 Å². The second kappa shape index (κ2) is 4.45.